The van der Waals surface area contributed by atoms with Crippen molar-refractivity contribution in [2.24, 2.45) is 0 Å². The summed E-state index contributed by atoms with van der Waals surface area (Å²) >= 11 is 6.27. The van der Waals surface area contributed by atoms with Crippen LogP contribution in [0.5, 0.6) is 11.5 Å². The Hall–Kier alpha value is -1.22. The van der Waals surface area contributed by atoms with Gasteiger partial charge in [0, 0.05) is 6.42 Å². The lowest BCUT2D eigenvalue weighted by atomic mass is 9.93. The molecule has 0 aromatic heterocycles. The average molecular weight is 241 g/mol. The Bertz CT molecular complexity index is 429. The summed E-state index contributed by atoms with van der Waals surface area (Å²) in [4.78, 5) is 10.5. The molecule has 2 rings (SSSR count). The molecular weight excluding hydrogens is 228 g/mol. The molecule has 1 aliphatic rings. The fourth-order valence-electron chi connectivity index (χ4n) is 2.00. The lowest BCUT2D eigenvalue weighted by Gasteiger charge is -2.15. The number of halogens is 1. The van der Waals surface area contributed by atoms with Crippen molar-refractivity contribution in [3.8, 4) is 11.5 Å². The van der Waals surface area contributed by atoms with Crippen molar-refractivity contribution in [3.63, 3.8) is 0 Å². The molecule has 1 unspecified atom stereocenters. The minimum atomic E-state index is 0.0968. The quantitative estimate of drug-likeness (QED) is 0.762. The van der Waals surface area contributed by atoms with Crippen molar-refractivity contribution in [3.05, 3.63) is 22.2 Å². The molecule has 1 aromatic carbocycles. The summed E-state index contributed by atoms with van der Waals surface area (Å²) in [6.45, 7) is 4.15. The van der Waals surface area contributed by atoms with Crippen LogP contribution in [0.4, 0.5) is 0 Å². The second kappa shape index (κ2) is 4.34. The van der Waals surface area contributed by atoms with Gasteiger partial charge in [0.05, 0.1) is 5.02 Å². The van der Waals surface area contributed by atoms with Gasteiger partial charge in [-0.15, -0.1) is 0 Å². The fourth-order valence-corrected chi connectivity index (χ4v) is 2.49. The topological polar surface area (TPSA) is 35.5 Å². The molecule has 0 N–H and O–H groups in total. The van der Waals surface area contributed by atoms with Crippen LogP contribution in [0.3, 0.4) is 0 Å². The molecule has 0 radical (unpaired) electrons. The van der Waals surface area contributed by atoms with E-state index in [9.17, 15) is 4.79 Å². The summed E-state index contributed by atoms with van der Waals surface area (Å²) < 4.78 is 10.6. The zero-order valence-corrected chi connectivity index (χ0v) is 10.0. The highest BCUT2D eigenvalue weighted by Gasteiger charge is 2.24. The second-order valence-electron chi connectivity index (χ2n) is 3.96. The van der Waals surface area contributed by atoms with Gasteiger partial charge >= 0.3 is 0 Å². The number of aryl methyl sites for hydroxylation is 1. The Morgan fingerprint density at radius 3 is 3.00 bits per heavy atom. The van der Waals surface area contributed by atoms with Crippen molar-refractivity contribution in [2.45, 2.75) is 26.2 Å². The molecule has 16 heavy (non-hydrogen) atoms. The predicted octanol–water partition coefficient (Wildman–Crippen LogP) is 3.07. The van der Waals surface area contributed by atoms with Crippen LogP contribution < -0.4 is 9.47 Å². The van der Waals surface area contributed by atoms with E-state index in [0.717, 1.165) is 17.4 Å². The molecule has 1 aliphatic heterocycles. The van der Waals surface area contributed by atoms with Crippen LogP contribution in [-0.2, 0) is 4.79 Å². The molecule has 1 aromatic rings. The van der Waals surface area contributed by atoms with Crippen molar-refractivity contribution in [1.82, 2.24) is 0 Å². The van der Waals surface area contributed by atoms with Gasteiger partial charge in [0.2, 0.25) is 6.79 Å². The number of hydrogen-bond acceptors (Lipinski definition) is 3. The Kier molecular flexibility index (Phi) is 3.06. The third-order valence-corrected chi connectivity index (χ3v) is 3.17. The van der Waals surface area contributed by atoms with Crippen LogP contribution in [-0.4, -0.2) is 13.1 Å². The molecule has 1 heterocycles. The first-order valence-electron chi connectivity index (χ1n) is 5.17. The van der Waals surface area contributed by atoms with Gasteiger partial charge in [-0.3, -0.25) is 0 Å². The third-order valence-electron chi connectivity index (χ3n) is 2.79. The maximum Gasteiger partial charge on any atom is 0.231 e. The average Bonchev–Trinajstić information content (AvgIpc) is 2.66. The Balaban J connectivity index is 2.49. The largest absolute Gasteiger partial charge is 0.454 e. The standard InChI is InChI=1S/C12H13ClO3/c1-7(3-4-14)10-8(2)5-9-12(11(10)13)16-6-15-9/h4-5,7H,3,6H2,1-2H3. The molecule has 0 spiro atoms. The Morgan fingerprint density at radius 2 is 2.31 bits per heavy atom. The number of hydrogen-bond donors (Lipinski definition) is 0. The molecule has 1 atom stereocenters. The summed E-state index contributed by atoms with van der Waals surface area (Å²) in [6.07, 6.45) is 1.37. The summed E-state index contributed by atoms with van der Waals surface area (Å²) in [7, 11) is 0. The maximum absolute atomic E-state index is 10.5. The monoisotopic (exact) mass is 240 g/mol. The molecule has 3 nitrogen and oxygen atoms in total. The molecule has 0 bridgehead atoms. The first-order valence-corrected chi connectivity index (χ1v) is 5.55. The van der Waals surface area contributed by atoms with Gasteiger partial charge in [0.25, 0.3) is 0 Å². The number of carbonyl (C=O) groups is 1. The number of aldehydes is 1. The first-order chi connectivity index (χ1) is 7.65. The number of ether oxygens (including phenoxy) is 2. The second-order valence-corrected chi connectivity index (χ2v) is 4.34. The van der Waals surface area contributed by atoms with Gasteiger partial charge in [-0.25, -0.2) is 0 Å². The number of benzene rings is 1. The van der Waals surface area contributed by atoms with Gasteiger partial charge in [-0.1, -0.05) is 18.5 Å². The van der Waals surface area contributed by atoms with Crippen LogP contribution in [0.2, 0.25) is 5.02 Å². The highest BCUT2D eigenvalue weighted by molar-refractivity contribution is 6.33. The van der Waals surface area contributed by atoms with E-state index in [1.807, 2.05) is 19.9 Å². The van der Waals surface area contributed by atoms with Gasteiger partial charge < -0.3 is 14.3 Å². The molecule has 0 saturated carbocycles. The van der Waals surface area contributed by atoms with E-state index in [1.165, 1.54) is 0 Å². The maximum atomic E-state index is 10.5. The number of carbonyl (C=O) groups excluding carboxylic acids is 1. The van der Waals surface area contributed by atoms with E-state index in [1.54, 1.807) is 0 Å². The summed E-state index contributed by atoms with van der Waals surface area (Å²) in [6, 6.07) is 1.91. The molecule has 0 aliphatic carbocycles. The zero-order valence-electron chi connectivity index (χ0n) is 9.25. The molecule has 0 fully saturated rings. The van der Waals surface area contributed by atoms with Crippen molar-refractivity contribution in [2.75, 3.05) is 6.79 Å². The molecular formula is C12H13ClO3. The van der Waals surface area contributed by atoms with E-state index in [2.05, 4.69) is 0 Å². The third kappa shape index (κ3) is 1.76. The van der Waals surface area contributed by atoms with Crippen molar-refractivity contribution in [1.29, 1.82) is 0 Å². The minimum absolute atomic E-state index is 0.0968. The van der Waals surface area contributed by atoms with Crippen LogP contribution in [0.1, 0.15) is 30.4 Å². The van der Waals surface area contributed by atoms with E-state index < -0.39 is 0 Å². The fraction of sp³-hybridized carbons (Fsp3) is 0.417. The van der Waals surface area contributed by atoms with Gasteiger partial charge in [0.1, 0.15) is 6.29 Å². The highest BCUT2D eigenvalue weighted by Crippen LogP contribution is 2.45. The minimum Gasteiger partial charge on any atom is -0.454 e. The predicted molar refractivity (Wildman–Crippen MR) is 61.4 cm³/mol. The first kappa shape index (κ1) is 11.3. The molecule has 0 amide bonds. The highest BCUT2D eigenvalue weighted by atomic mass is 35.5. The van der Waals surface area contributed by atoms with E-state index in [4.69, 9.17) is 21.1 Å². The molecule has 86 valence electrons. The van der Waals surface area contributed by atoms with E-state index in [-0.39, 0.29) is 12.7 Å². The lowest BCUT2D eigenvalue weighted by Crippen LogP contribution is -1.99. The normalized spacial score (nSPS) is 14.9. The van der Waals surface area contributed by atoms with Crippen LogP contribution in [0.25, 0.3) is 0 Å². The van der Waals surface area contributed by atoms with Crippen LogP contribution in [0, 0.1) is 6.92 Å². The van der Waals surface area contributed by atoms with E-state index in [0.29, 0.717) is 22.9 Å². The van der Waals surface area contributed by atoms with Crippen LogP contribution in [0.15, 0.2) is 6.07 Å². The number of fused-ring (bicyclic) bond motifs is 1. The molecule has 4 heteroatoms. The lowest BCUT2D eigenvalue weighted by molar-refractivity contribution is -0.108. The van der Waals surface area contributed by atoms with E-state index >= 15 is 0 Å². The van der Waals surface area contributed by atoms with Crippen molar-refractivity contribution < 1.29 is 14.3 Å². The smallest absolute Gasteiger partial charge is 0.231 e. The van der Waals surface area contributed by atoms with Gasteiger partial charge in [-0.05, 0) is 30.0 Å². The van der Waals surface area contributed by atoms with Gasteiger partial charge in [0.15, 0.2) is 11.5 Å². The zero-order chi connectivity index (χ0) is 11.7. The molecule has 0 saturated heterocycles. The van der Waals surface area contributed by atoms with Crippen LogP contribution >= 0.6 is 11.6 Å². The summed E-state index contributed by atoms with van der Waals surface area (Å²) in [5.41, 5.74) is 2.00. The van der Waals surface area contributed by atoms with Crippen molar-refractivity contribution >= 4 is 17.9 Å². The number of rotatable bonds is 3. The summed E-state index contributed by atoms with van der Waals surface area (Å²) in [5.74, 6) is 1.38. The SMILES string of the molecule is Cc1cc2c(c(Cl)c1C(C)CC=O)OCO2. The van der Waals surface area contributed by atoms with Gasteiger partial charge in [-0.2, -0.15) is 0 Å². The summed E-state index contributed by atoms with van der Waals surface area (Å²) in [5, 5.41) is 0.571. The Labute approximate surface area is 99.3 Å². The Morgan fingerprint density at radius 1 is 1.56 bits per heavy atom.